The number of ether oxygens (including phenoxy) is 3. The average Bonchev–Trinajstić information content (AvgIpc) is 3.34. The van der Waals surface area contributed by atoms with E-state index >= 15 is 0 Å². The molecule has 174 valence electrons. The van der Waals surface area contributed by atoms with Gasteiger partial charge in [0.15, 0.2) is 5.96 Å². The molecule has 1 aliphatic heterocycles. The zero-order valence-electron chi connectivity index (χ0n) is 19.7. The first kappa shape index (κ1) is 23.5. The summed E-state index contributed by atoms with van der Waals surface area (Å²) < 4.78 is 16.5. The molecule has 0 atom stereocenters. The van der Waals surface area contributed by atoms with Crippen LogP contribution in [0.1, 0.15) is 51.0 Å². The summed E-state index contributed by atoms with van der Waals surface area (Å²) in [6, 6.07) is 5.10. The molecule has 7 nitrogen and oxygen atoms in total. The van der Waals surface area contributed by atoms with Gasteiger partial charge >= 0.3 is 0 Å². The van der Waals surface area contributed by atoms with Crippen molar-refractivity contribution in [2.45, 2.75) is 64.0 Å². The van der Waals surface area contributed by atoms with Crippen molar-refractivity contribution in [3.63, 3.8) is 0 Å². The monoisotopic (exact) mass is 432 g/mol. The standard InChI is InChI=1S/C24H40N4O3/c1-5-25-24(27-18-11-14-28(15-12-18)19-8-6-7-9-19)26-13-10-21-22(30-3)16-20(29-2)17-23(21)31-4/h16-19H,5-15H2,1-4H3,(H2,25,26,27). The minimum atomic E-state index is 0.487. The molecule has 0 radical (unpaired) electrons. The maximum atomic E-state index is 5.56. The van der Waals surface area contributed by atoms with E-state index in [2.05, 4.69) is 22.5 Å². The molecule has 2 fully saturated rings. The summed E-state index contributed by atoms with van der Waals surface area (Å²) in [5, 5.41) is 7.06. The molecule has 31 heavy (non-hydrogen) atoms. The van der Waals surface area contributed by atoms with Gasteiger partial charge in [-0.05, 0) is 39.0 Å². The van der Waals surface area contributed by atoms with E-state index in [-0.39, 0.29) is 0 Å². The molecule has 1 saturated heterocycles. The molecule has 1 aromatic rings. The molecule has 0 spiro atoms. The molecule has 1 saturated carbocycles. The van der Waals surface area contributed by atoms with Crippen LogP contribution in [0.25, 0.3) is 0 Å². The molecule has 7 heteroatoms. The highest BCUT2D eigenvalue weighted by atomic mass is 16.5. The highest BCUT2D eigenvalue weighted by Crippen LogP contribution is 2.34. The zero-order valence-corrected chi connectivity index (χ0v) is 19.7. The van der Waals surface area contributed by atoms with Crippen LogP contribution in [0.5, 0.6) is 17.2 Å². The van der Waals surface area contributed by atoms with Crippen molar-refractivity contribution in [3.8, 4) is 17.2 Å². The molecule has 0 aromatic heterocycles. The first-order valence-electron chi connectivity index (χ1n) is 11.8. The van der Waals surface area contributed by atoms with Gasteiger partial charge in [0.25, 0.3) is 0 Å². The fourth-order valence-electron chi connectivity index (χ4n) is 4.80. The van der Waals surface area contributed by atoms with Gasteiger partial charge in [-0.1, -0.05) is 12.8 Å². The third-order valence-electron chi connectivity index (χ3n) is 6.50. The first-order valence-corrected chi connectivity index (χ1v) is 11.8. The number of guanidine groups is 1. The van der Waals surface area contributed by atoms with Crippen LogP contribution in [0.2, 0.25) is 0 Å². The molecular weight excluding hydrogens is 392 g/mol. The van der Waals surface area contributed by atoms with E-state index in [1.165, 1.54) is 51.6 Å². The number of likely N-dealkylation sites (tertiary alicyclic amines) is 1. The molecular formula is C24H40N4O3. The van der Waals surface area contributed by atoms with Crippen molar-refractivity contribution in [1.29, 1.82) is 0 Å². The van der Waals surface area contributed by atoms with E-state index in [4.69, 9.17) is 19.2 Å². The molecule has 0 bridgehead atoms. The minimum Gasteiger partial charge on any atom is -0.496 e. The second-order valence-electron chi connectivity index (χ2n) is 8.41. The lowest BCUT2D eigenvalue weighted by molar-refractivity contribution is 0.150. The van der Waals surface area contributed by atoms with E-state index in [1.807, 2.05) is 12.1 Å². The number of rotatable bonds is 9. The quantitative estimate of drug-likeness (QED) is 0.461. The highest BCUT2D eigenvalue weighted by Gasteiger charge is 2.27. The number of nitrogens with zero attached hydrogens (tertiary/aromatic N) is 2. The van der Waals surface area contributed by atoms with Gasteiger partial charge in [0.05, 0.1) is 21.3 Å². The van der Waals surface area contributed by atoms with Crippen LogP contribution in [-0.4, -0.2) is 70.5 Å². The van der Waals surface area contributed by atoms with E-state index in [9.17, 15) is 0 Å². The van der Waals surface area contributed by atoms with Gasteiger partial charge in [-0.25, -0.2) is 0 Å². The Hall–Kier alpha value is -2.15. The average molecular weight is 433 g/mol. The van der Waals surface area contributed by atoms with Crippen molar-refractivity contribution in [2.24, 2.45) is 4.99 Å². The maximum absolute atomic E-state index is 5.56. The first-order chi connectivity index (χ1) is 15.2. The van der Waals surface area contributed by atoms with Gasteiger partial charge in [-0.2, -0.15) is 0 Å². The van der Waals surface area contributed by atoms with E-state index in [1.54, 1.807) is 21.3 Å². The summed E-state index contributed by atoms with van der Waals surface area (Å²) >= 11 is 0. The minimum absolute atomic E-state index is 0.487. The van der Waals surface area contributed by atoms with E-state index < -0.39 is 0 Å². The Morgan fingerprint density at radius 1 is 1.00 bits per heavy atom. The number of nitrogens with one attached hydrogen (secondary N) is 2. The van der Waals surface area contributed by atoms with Gasteiger partial charge in [0, 0.05) is 56.0 Å². The Morgan fingerprint density at radius 3 is 2.19 bits per heavy atom. The van der Waals surface area contributed by atoms with Gasteiger partial charge < -0.3 is 29.7 Å². The predicted octanol–water partition coefficient (Wildman–Crippen LogP) is 3.22. The topological polar surface area (TPSA) is 67.4 Å². The molecule has 2 aliphatic rings. The van der Waals surface area contributed by atoms with Crippen LogP contribution in [-0.2, 0) is 6.42 Å². The van der Waals surface area contributed by atoms with Crippen LogP contribution < -0.4 is 24.8 Å². The summed E-state index contributed by atoms with van der Waals surface area (Å²) in [5.41, 5.74) is 1.01. The van der Waals surface area contributed by atoms with Gasteiger partial charge in [-0.3, -0.25) is 4.99 Å². The number of hydrogen-bond donors (Lipinski definition) is 2. The van der Waals surface area contributed by atoms with E-state index in [0.717, 1.165) is 47.8 Å². The second kappa shape index (κ2) is 12.0. The number of piperidine rings is 1. The fraction of sp³-hybridized carbons (Fsp3) is 0.708. The summed E-state index contributed by atoms with van der Waals surface area (Å²) in [5.74, 6) is 3.15. The van der Waals surface area contributed by atoms with Crippen molar-refractivity contribution >= 4 is 5.96 Å². The van der Waals surface area contributed by atoms with Crippen molar-refractivity contribution < 1.29 is 14.2 Å². The van der Waals surface area contributed by atoms with Crippen molar-refractivity contribution in [3.05, 3.63) is 17.7 Å². The molecule has 1 aliphatic carbocycles. The summed E-state index contributed by atoms with van der Waals surface area (Å²) in [6.45, 7) is 6.00. The van der Waals surface area contributed by atoms with Crippen LogP contribution >= 0.6 is 0 Å². The van der Waals surface area contributed by atoms with Gasteiger partial charge in [0.2, 0.25) is 0 Å². The smallest absolute Gasteiger partial charge is 0.191 e. The van der Waals surface area contributed by atoms with E-state index in [0.29, 0.717) is 12.6 Å². The summed E-state index contributed by atoms with van der Waals surface area (Å²) in [7, 11) is 4.99. The summed E-state index contributed by atoms with van der Waals surface area (Å²) in [4.78, 5) is 7.54. The summed E-state index contributed by atoms with van der Waals surface area (Å²) in [6.07, 6.45) is 8.68. The Morgan fingerprint density at radius 2 is 1.65 bits per heavy atom. The fourth-order valence-corrected chi connectivity index (χ4v) is 4.80. The largest absolute Gasteiger partial charge is 0.496 e. The van der Waals surface area contributed by atoms with Crippen LogP contribution in [0.4, 0.5) is 0 Å². The lowest BCUT2D eigenvalue weighted by Gasteiger charge is -2.36. The molecule has 1 heterocycles. The zero-order chi connectivity index (χ0) is 22.1. The molecule has 2 N–H and O–H groups in total. The molecule has 3 rings (SSSR count). The van der Waals surface area contributed by atoms with Crippen molar-refractivity contribution in [2.75, 3.05) is 47.5 Å². The normalized spacial score (nSPS) is 18.8. The lowest BCUT2D eigenvalue weighted by atomic mass is 10.0. The number of methoxy groups -OCH3 is 3. The Balaban J connectivity index is 1.56. The Labute approximate surface area is 187 Å². The Kier molecular flexibility index (Phi) is 9.13. The SMILES string of the molecule is CCNC(=NCCc1c(OC)cc(OC)cc1OC)NC1CCN(C2CCCC2)CC1. The number of hydrogen-bond acceptors (Lipinski definition) is 5. The second-order valence-corrected chi connectivity index (χ2v) is 8.41. The van der Waals surface area contributed by atoms with Gasteiger partial charge in [0.1, 0.15) is 17.2 Å². The molecule has 1 aromatic carbocycles. The van der Waals surface area contributed by atoms with Crippen LogP contribution in [0.15, 0.2) is 17.1 Å². The third-order valence-corrected chi connectivity index (χ3v) is 6.50. The highest BCUT2D eigenvalue weighted by molar-refractivity contribution is 5.80. The Bertz CT molecular complexity index is 686. The van der Waals surface area contributed by atoms with Gasteiger partial charge in [-0.15, -0.1) is 0 Å². The number of benzene rings is 1. The number of aliphatic imine (C=N–C) groups is 1. The lowest BCUT2D eigenvalue weighted by Crippen LogP contribution is -2.50. The maximum Gasteiger partial charge on any atom is 0.191 e. The van der Waals surface area contributed by atoms with Crippen LogP contribution in [0, 0.1) is 0 Å². The van der Waals surface area contributed by atoms with Crippen LogP contribution in [0.3, 0.4) is 0 Å². The van der Waals surface area contributed by atoms with Crippen molar-refractivity contribution in [1.82, 2.24) is 15.5 Å². The predicted molar refractivity (Wildman–Crippen MR) is 126 cm³/mol. The molecule has 0 unspecified atom stereocenters. The third kappa shape index (κ3) is 6.42. The molecule has 0 amide bonds.